The van der Waals surface area contributed by atoms with Gasteiger partial charge in [-0.1, -0.05) is 48.0 Å². The first-order valence-electron chi connectivity index (χ1n) is 6.17. The van der Waals surface area contributed by atoms with Crippen LogP contribution in [0.3, 0.4) is 0 Å². The van der Waals surface area contributed by atoms with Crippen molar-refractivity contribution in [2.24, 2.45) is 10.1 Å². The van der Waals surface area contributed by atoms with Gasteiger partial charge in [0.15, 0.2) is 0 Å². The molecule has 0 heterocycles. The van der Waals surface area contributed by atoms with Crippen molar-refractivity contribution < 1.29 is 8.42 Å². The number of hydrogen-bond donors (Lipinski definition) is 1. The van der Waals surface area contributed by atoms with Gasteiger partial charge in [0.05, 0.1) is 4.90 Å². The molecular weight excluding hydrogens is 272 g/mol. The Bertz CT molecular complexity index is 705. The molecule has 0 aromatic heterocycles. The molecule has 0 atom stereocenters. The molecule has 2 rings (SSSR count). The number of aryl methyl sites for hydroxylation is 1. The second-order valence-electron chi connectivity index (χ2n) is 4.53. The molecule has 0 aliphatic carbocycles. The Hall–Kier alpha value is -2.14. The predicted octanol–water partition coefficient (Wildman–Crippen LogP) is 2.28. The van der Waals surface area contributed by atoms with Gasteiger partial charge < -0.3 is 5.73 Å². The van der Waals surface area contributed by atoms with Gasteiger partial charge in [-0.05, 0) is 24.6 Å². The van der Waals surface area contributed by atoms with Crippen molar-refractivity contribution in [1.82, 2.24) is 0 Å². The van der Waals surface area contributed by atoms with Crippen molar-refractivity contribution in [1.29, 1.82) is 0 Å². The van der Waals surface area contributed by atoms with Gasteiger partial charge >= 0.3 is 0 Å². The van der Waals surface area contributed by atoms with Crippen molar-refractivity contribution in [2.75, 3.05) is 0 Å². The van der Waals surface area contributed by atoms with Crippen molar-refractivity contribution in [3.8, 4) is 0 Å². The van der Waals surface area contributed by atoms with Crippen molar-refractivity contribution in [2.45, 2.75) is 18.2 Å². The molecule has 0 aliphatic heterocycles. The van der Waals surface area contributed by atoms with Crippen LogP contribution in [-0.2, 0) is 16.4 Å². The molecule has 4 nitrogen and oxygen atoms in total. The van der Waals surface area contributed by atoms with Gasteiger partial charge in [-0.3, -0.25) is 0 Å². The Labute approximate surface area is 119 Å². The average Bonchev–Trinajstić information content (AvgIpc) is 2.39. The van der Waals surface area contributed by atoms with E-state index >= 15 is 0 Å². The zero-order valence-electron chi connectivity index (χ0n) is 11.2. The van der Waals surface area contributed by atoms with E-state index in [0.717, 1.165) is 11.1 Å². The summed E-state index contributed by atoms with van der Waals surface area (Å²) < 4.78 is 27.8. The topological polar surface area (TPSA) is 72.5 Å². The molecular formula is C15H16N2O2S. The van der Waals surface area contributed by atoms with E-state index in [2.05, 4.69) is 4.40 Å². The number of amidine groups is 1. The number of nitrogens with two attached hydrogens (primary N) is 1. The Morgan fingerprint density at radius 3 is 2.25 bits per heavy atom. The minimum Gasteiger partial charge on any atom is -0.386 e. The molecule has 5 heteroatoms. The van der Waals surface area contributed by atoms with Gasteiger partial charge in [-0.2, -0.15) is 8.42 Å². The normalized spacial score (nSPS) is 12.3. The van der Waals surface area contributed by atoms with Crippen LogP contribution in [0.2, 0.25) is 0 Å². The van der Waals surface area contributed by atoms with E-state index in [1.54, 1.807) is 12.1 Å². The third-order valence-electron chi connectivity index (χ3n) is 2.78. The van der Waals surface area contributed by atoms with Crippen LogP contribution in [0.15, 0.2) is 63.9 Å². The lowest BCUT2D eigenvalue weighted by atomic mass is 10.1. The molecule has 2 N–H and O–H groups in total. The first-order chi connectivity index (χ1) is 9.47. The molecule has 2 aromatic carbocycles. The molecule has 104 valence electrons. The highest BCUT2D eigenvalue weighted by atomic mass is 32.2. The molecule has 20 heavy (non-hydrogen) atoms. The smallest absolute Gasteiger partial charge is 0.283 e. The average molecular weight is 288 g/mol. The van der Waals surface area contributed by atoms with Crippen LogP contribution in [0, 0.1) is 6.92 Å². The van der Waals surface area contributed by atoms with Crippen molar-refractivity contribution in [3.05, 3.63) is 65.7 Å². The number of hydrogen-bond acceptors (Lipinski definition) is 2. The Morgan fingerprint density at radius 2 is 1.65 bits per heavy atom. The maximum absolute atomic E-state index is 12.1. The van der Waals surface area contributed by atoms with Crippen LogP contribution in [0.4, 0.5) is 0 Å². The fourth-order valence-corrected chi connectivity index (χ4v) is 2.71. The summed E-state index contributed by atoms with van der Waals surface area (Å²) in [5.74, 6) is 0.0803. The standard InChI is InChI=1S/C15H16N2O2S/c1-12-7-9-14(10-8-12)20(18,19)17-15(16)11-13-5-3-2-4-6-13/h2-10H,11H2,1H3,(H2,16,17). The Kier molecular flexibility index (Phi) is 4.20. The summed E-state index contributed by atoms with van der Waals surface area (Å²) in [4.78, 5) is 0.152. The summed E-state index contributed by atoms with van der Waals surface area (Å²) >= 11 is 0. The fourth-order valence-electron chi connectivity index (χ4n) is 1.75. The second-order valence-corrected chi connectivity index (χ2v) is 6.14. The summed E-state index contributed by atoms with van der Waals surface area (Å²) in [6.07, 6.45) is 0.311. The summed E-state index contributed by atoms with van der Waals surface area (Å²) in [6, 6.07) is 15.9. The molecule has 0 bridgehead atoms. The van der Waals surface area contributed by atoms with Crippen molar-refractivity contribution >= 4 is 15.9 Å². The highest BCUT2D eigenvalue weighted by molar-refractivity contribution is 7.90. The zero-order valence-corrected chi connectivity index (χ0v) is 12.0. The lowest BCUT2D eigenvalue weighted by molar-refractivity contribution is 0.598. The van der Waals surface area contributed by atoms with Gasteiger partial charge in [-0.25, -0.2) is 0 Å². The van der Waals surface area contributed by atoms with Crippen LogP contribution in [-0.4, -0.2) is 14.3 Å². The monoisotopic (exact) mass is 288 g/mol. The van der Waals surface area contributed by atoms with E-state index in [-0.39, 0.29) is 10.7 Å². The molecule has 0 fully saturated rings. The first kappa shape index (κ1) is 14.3. The van der Waals surface area contributed by atoms with Crippen molar-refractivity contribution in [3.63, 3.8) is 0 Å². The highest BCUT2D eigenvalue weighted by Crippen LogP contribution is 2.13. The molecule has 0 radical (unpaired) electrons. The van der Waals surface area contributed by atoms with E-state index in [4.69, 9.17) is 5.73 Å². The summed E-state index contributed by atoms with van der Waals surface area (Å²) in [5, 5.41) is 0. The summed E-state index contributed by atoms with van der Waals surface area (Å²) in [5.41, 5.74) is 7.64. The predicted molar refractivity (Wildman–Crippen MR) is 80.1 cm³/mol. The zero-order chi connectivity index (χ0) is 14.6. The van der Waals surface area contributed by atoms with Crippen LogP contribution >= 0.6 is 0 Å². The maximum Gasteiger partial charge on any atom is 0.283 e. The largest absolute Gasteiger partial charge is 0.386 e. The lowest BCUT2D eigenvalue weighted by Crippen LogP contribution is -2.17. The molecule has 0 unspecified atom stereocenters. The molecule has 0 saturated heterocycles. The first-order valence-corrected chi connectivity index (χ1v) is 7.61. The van der Waals surface area contributed by atoms with E-state index in [1.807, 2.05) is 37.3 Å². The molecule has 0 saturated carbocycles. The summed E-state index contributed by atoms with van der Waals surface area (Å²) in [6.45, 7) is 1.89. The van der Waals surface area contributed by atoms with Gasteiger partial charge in [0.25, 0.3) is 10.0 Å². The molecule has 2 aromatic rings. The highest BCUT2D eigenvalue weighted by Gasteiger charge is 2.13. The number of benzene rings is 2. The quantitative estimate of drug-likeness (QED) is 0.693. The maximum atomic E-state index is 12.1. The van der Waals surface area contributed by atoms with E-state index in [9.17, 15) is 8.42 Å². The van der Waals surface area contributed by atoms with Gasteiger partial charge in [0, 0.05) is 6.42 Å². The third kappa shape index (κ3) is 3.68. The third-order valence-corrected chi connectivity index (χ3v) is 4.13. The second kappa shape index (κ2) is 5.88. The van der Waals surface area contributed by atoms with Gasteiger partial charge in [-0.15, -0.1) is 4.40 Å². The van der Waals surface area contributed by atoms with E-state index in [1.165, 1.54) is 12.1 Å². The summed E-state index contributed by atoms with van der Waals surface area (Å²) in [7, 11) is -3.73. The van der Waals surface area contributed by atoms with Crippen LogP contribution in [0.1, 0.15) is 11.1 Å². The van der Waals surface area contributed by atoms with Crippen LogP contribution in [0.5, 0.6) is 0 Å². The van der Waals surface area contributed by atoms with Gasteiger partial charge in [0.2, 0.25) is 0 Å². The molecule has 0 spiro atoms. The fraction of sp³-hybridized carbons (Fsp3) is 0.133. The SMILES string of the molecule is Cc1ccc(S(=O)(=O)/N=C(\N)Cc2ccccc2)cc1. The minimum absolute atomic E-state index is 0.0803. The number of nitrogens with zero attached hydrogens (tertiary/aromatic N) is 1. The van der Waals surface area contributed by atoms with E-state index < -0.39 is 10.0 Å². The minimum atomic E-state index is -3.73. The van der Waals surface area contributed by atoms with Gasteiger partial charge in [0.1, 0.15) is 5.84 Å². The Morgan fingerprint density at radius 1 is 1.05 bits per heavy atom. The van der Waals surface area contributed by atoms with Crippen LogP contribution in [0.25, 0.3) is 0 Å². The van der Waals surface area contributed by atoms with E-state index in [0.29, 0.717) is 6.42 Å². The van der Waals surface area contributed by atoms with Crippen LogP contribution < -0.4 is 5.73 Å². The lowest BCUT2D eigenvalue weighted by Gasteiger charge is -2.03. The number of rotatable bonds is 4. The molecule has 0 aliphatic rings. The Balaban J connectivity index is 2.22. The molecule has 0 amide bonds. The number of sulfonamides is 1.